The highest BCUT2D eigenvalue weighted by Crippen LogP contribution is 2.21. The van der Waals surface area contributed by atoms with E-state index in [4.69, 9.17) is 4.74 Å². The van der Waals surface area contributed by atoms with Gasteiger partial charge in [0.1, 0.15) is 5.69 Å². The Morgan fingerprint density at radius 1 is 1.21 bits per heavy atom. The zero-order chi connectivity index (χ0) is 16.9. The number of nitrogens with one attached hydrogen (secondary N) is 1. The fourth-order valence-electron chi connectivity index (χ4n) is 2.50. The van der Waals surface area contributed by atoms with Crippen molar-refractivity contribution >= 4 is 17.5 Å². The number of ether oxygens (including phenoxy) is 1. The summed E-state index contributed by atoms with van der Waals surface area (Å²) < 4.78 is 5.26. The molecule has 124 valence electrons. The number of nitrogens with zero attached hydrogens (tertiary/aromatic N) is 3. The average Bonchev–Trinajstić information content (AvgIpc) is 2.62. The molecule has 1 saturated heterocycles. The zero-order valence-electron chi connectivity index (χ0n) is 13.4. The molecule has 0 bridgehead atoms. The lowest BCUT2D eigenvalue weighted by molar-refractivity contribution is -0.114. The molecule has 0 radical (unpaired) electrons. The Hall–Kier alpha value is -2.80. The lowest BCUT2D eigenvalue weighted by Crippen LogP contribution is -2.41. The van der Waals surface area contributed by atoms with E-state index < -0.39 is 0 Å². The Morgan fingerprint density at radius 2 is 2.00 bits per heavy atom. The van der Waals surface area contributed by atoms with Crippen molar-refractivity contribution in [2.45, 2.75) is 6.92 Å². The van der Waals surface area contributed by atoms with Crippen LogP contribution in [0, 0.1) is 0 Å². The molecule has 2 amide bonds. The normalized spacial score (nSPS) is 14.3. The van der Waals surface area contributed by atoms with Crippen LogP contribution in [0.25, 0.3) is 11.3 Å². The van der Waals surface area contributed by atoms with Gasteiger partial charge in [-0.05, 0) is 12.1 Å². The van der Waals surface area contributed by atoms with Crippen molar-refractivity contribution in [2.24, 2.45) is 0 Å². The van der Waals surface area contributed by atoms with Gasteiger partial charge >= 0.3 is 0 Å². The van der Waals surface area contributed by atoms with Crippen molar-refractivity contribution in [2.75, 3.05) is 31.6 Å². The van der Waals surface area contributed by atoms with Crippen LogP contribution >= 0.6 is 0 Å². The first kappa shape index (κ1) is 16.1. The van der Waals surface area contributed by atoms with E-state index in [2.05, 4.69) is 15.3 Å². The van der Waals surface area contributed by atoms with Crippen molar-refractivity contribution in [3.8, 4) is 11.3 Å². The molecule has 0 saturated carbocycles. The number of aromatic nitrogens is 2. The summed E-state index contributed by atoms with van der Waals surface area (Å²) in [6, 6.07) is 7.27. The quantitative estimate of drug-likeness (QED) is 0.925. The number of benzene rings is 1. The molecule has 1 aliphatic heterocycles. The molecule has 1 aromatic carbocycles. The number of carbonyl (C=O) groups excluding carboxylic acids is 2. The van der Waals surface area contributed by atoms with Crippen LogP contribution < -0.4 is 5.32 Å². The maximum absolute atomic E-state index is 12.5. The van der Waals surface area contributed by atoms with Gasteiger partial charge in [0.05, 0.1) is 31.3 Å². The van der Waals surface area contributed by atoms with Crippen LogP contribution in [0.2, 0.25) is 0 Å². The molecule has 1 N–H and O–H groups in total. The van der Waals surface area contributed by atoms with Crippen LogP contribution in [0.5, 0.6) is 0 Å². The highest BCUT2D eigenvalue weighted by Gasteiger charge is 2.20. The van der Waals surface area contributed by atoms with E-state index in [-0.39, 0.29) is 11.8 Å². The molecule has 24 heavy (non-hydrogen) atoms. The highest BCUT2D eigenvalue weighted by atomic mass is 16.5. The van der Waals surface area contributed by atoms with Crippen LogP contribution in [-0.2, 0) is 9.53 Å². The van der Waals surface area contributed by atoms with Crippen molar-refractivity contribution in [3.63, 3.8) is 0 Å². The molecule has 1 fully saturated rings. The van der Waals surface area contributed by atoms with Crippen LogP contribution in [0.4, 0.5) is 5.69 Å². The predicted octanol–water partition coefficient (Wildman–Crippen LogP) is 1.57. The molecule has 1 aromatic heterocycles. The average molecular weight is 326 g/mol. The summed E-state index contributed by atoms with van der Waals surface area (Å²) in [6.07, 6.45) is 3.07. The first-order valence-corrected chi connectivity index (χ1v) is 7.70. The van der Waals surface area contributed by atoms with Gasteiger partial charge in [0.25, 0.3) is 5.91 Å². The van der Waals surface area contributed by atoms with E-state index in [1.54, 1.807) is 23.2 Å². The standard InChI is InChI=1S/C17H18N4O3/c1-12(22)19-14-4-2-3-13(9-14)15-10-18-11-16(20-15)17(23)21-5-7-24-8-6-21/h2-4,9-11H,5-8H2,1H3,(H,19,22). The van der Waals surface area contributed by atoms with Gasteiger partial charge in [-0.25, -0.2) is 4.98 Å². The Morgan fingerprint density at radius 3 is 2.75 bits per heavy atom. The summed E-state index contributed by atoms with van der Waals surface area (Å²) in [5.41, 5.74) is 2.35. The first-order chi connectivity index (χ1) is 11.6. The summed E-state index contributed by atoms with van der Waals surface area (Å²) >= 11 is 0. The largest absolute Gasteiger partial charge is 0.378 e. The van der Waals surface area contributed by atoms with Crippen LogP contribution in [0.1, 0.15) is 17.4 Å². The Bertz CT molecular complexity index is 757. The number of rotatable bonds is 3. The molecule has 2 heterocycles. The van der Waals surface area contributed by atoms with Crippen molar-refractivity contribution < 1.29 is 14.3 Å². The smallest absolute Gasteiger partial charge is 0.274 e. The molecule has 7 heteroatoms. The molecule has 0 spiro atoms. The van der Waals surface area contributed by atoms with Gasteiger partial charge < -0.3 is 15.0 Å². The second-order valence-corrected chi connectivity index (χ2v) is 5.46. The van der Waals surface area contributed by atoms with E-state index in [1.165, 1.54) is 13.1 Å². The fourth-order valence-corrected chi connectivity index (χ4v) is 2.50. The molecule has 7 nitrogen and oxygen atoms in total. The molecular formula is C17H18N4O3. The minimum absolute atomic E-state index is 0.144. The topological polar surface area (TPSA) is 84.4 Å². The summed E-state index contributed by atoms with van der Waals surface area (Å²) in [4.78, 5) is 34.0. The summed E-state index contributed by atoms with van der Waals surface area (Å²) in [5, 5.41) is 2.73. The lowest BCUT2D eigenvalue weighted by Gasteiger charge is -2.26. The van der Waals surface area contributed by atoms with Gasteiger partial charge in [0.15, 0.2) is 0 Å². The maximum atomic E-state index is 12.5. The molecule has 0 aliphatic carbocycles. The zero-order valence-corrected chi connectivity index (χ0v) is 13.4. The minimum Gasteiger partial charge on any atom is -0.378 e. The van der Waals surface area contributed by atoms with Crippen LogP contribution in [0.3, 0.4) is 0 Å². The highest BCUT2D eigenvalue weighted by molar-refractivity contribution is 5.93. The van der Waals surface area contributed by atoms with Crippen LogP contribution in [-0.4, -0.2) is 53.0 Å². The number of morpholine rings is 1. The monoisotopic (exact) mass is 326 g/mol. The van der Waals surface area contributed by atoms with E-state index >= 15 is 0 Å². The third-order valence-corrected chi connectivity index (χ3v) is 3.63. The third kappa shape index (κ3) is 3.75. The number of carbonyl (C=O) groups is 2. The van der Waals surface area contributed by atoms with Gasteiger partial charge in [-0.2, -0.15) is 0 Å². The van der Waals surface area contributed by atoms with E-state index in [1.807, 2.05) is 12.1 Å². The Balaban J connectivity index is 1.85. The summed E-state index contributed by atoms with van der Waals surface area (Å²) in [6.45, 7) is 3.65. The summed E-state index contributed by atoms with van der Waals surface area (Å²) in [7, 11) is 0. The van der Waals surface area contributed by atoms with E-state index in [9.17, 15) is 9.59 Å². The van der Waals surface area contributed by atoms with Crippen molar-refractivity contribution in [1.82, 2.24) is 14.9 Å². The second-order valence-electron chi connectivity index (χ2n) is 5.46. The number of anilines is 1. The van der Waals surface area contributed by atoms with E-state index in [0.29, 0.717) is 43.4 Å². The Kier molecular flexibility index (Phi) is 4.81. The number of amides is 2. The van der Waals surface area contributed by atoms with Gasteiger partial charge in [-0.3, -0.25) is 14.6 Å². The van der Waals surface area contributed by atoms with Crippen molar-refractivity contribution in [3.05, 3.63) is 42.4 Å². The Labute approximate surface area is 139 Å². The van der Waals surface area contributed by atoms with Crippen molar-refractivity contribution in [1.29, 1.82) is 0 Å². The van der Waals surface area contributed by atoms with Gasteiger partial charge in [0.2, 0.25) is 5.91 Å². The minimum atomic E-state index is -0.148. The fraction of sp³-hybridized carbons (Fsp3) is 0.294. The second kappa shape index (κ2) is 7.18. The maximum Gasteiger partial charge on any atom is 0.274 e. The molecule has 2 aromatic rings. The summed E-state index contributed by atoms with van der Waals surface area (Å²) in [5.74, 6) is -0.292. The third-order valence-electron chi connectivity index (χ3n) is 3.63. The first-order valence-electron chi connectivity index (χ1n) is 7.70. The molecule has 3 rings (SSSR count). The molecule has 0 atom stereocenters. The number of hydrogen-bond acceptors (Lipinski definition) is 5. The number of hydrogen-bond donors (Lipinski definition) is 1. The lowest BCUT2D eigenvalue weighted by atomic mass is 10.1. The van der Waals surface area contributed by atoms with Gasteiger partial charge in [0, 0.05) is 31.3 Å². The molecule has 1 aliphatic rings. The molecule has 0 unspecified atom stereocenters. The van der Waals surface area contributed by atoms with Crippen LogP contribution in [0.15, 0.2) is 36.7 Å². The predicted molar refractivity (Wildman–Crippen MR) is 88.5 cm³/mol. The SMILES string of the molecule is CC(=O)Nc1cccc(-c2cncc(C(=O)N3CCOCC3)n2)c1. The van der Waals surface area contributed by atoms with Gasteiger partial charge in [-0.1, -0.05) is 12.1 Å². The van der Waals surface area contributed by atoms with Gasteiger partial charge in [-0.15, -0.1) is 0 Å². The molecular weight excluding hydrogens is 308 g/mol. The van der Waals surface area contributed by atoms with E-state index in [0.717, 1.165) is 5.56 Å².